The van der Waals surface area contributed by atoms with E-state index in [1.165, 1.54) is 23.5 Å². The molecule has 1 aromatic carbocycles. The molecule has 0 fully saturated rings. The van der Waals surface area contributed by atoms with Gasteiger partial charge < -0.3 is 0 Å². The number of hydrogen-bond donors (Lipinski definition) is 2. The summed E-state index contributed by atoms with van der Waals surface area (Å²) in [6.07, 6.45) is 0. The van der Waals surface area contributed by atoms with Gasteiger partial charge in [-0.2, -0.15) is 0 Å². The fourth-order valence-electron chi connectivity index (χ4n) is 1.61. The average Bonchev–Trinajstić information content (AvgIpc) is 2.64. The van der Waals surface area contributed by atoms with Crippen molar-refractivity contribution in [3.8, 4) is 0 Å². The number of nitrogens with zero attached hydrogens (tertiary/aromatic N) is 1. The fraction of sp³-hybridized carbons (Fsp3) is 0.182. The third-order valence-corrected chi connectivity index (χ3v) is 3.11. The maximum atomic E-state index is 13.1. The van der Waals surface area contributed by atoms with Crippen LogP contribution in [0.3, 0.4) is 0 Å². The Hall–Kier alpha value is -1.37. The standard InChI is InChI=1S/C11H11F2N3S/c1-6-15-10(5-17-6)11(16-14)7-2-8(12)4-9(13)3-7/h2-5,11,16H,14H2,1H3. The second kappa shape index (κ2) is 4.87. The number of halogens is 2. The first-order valence-electron chi connectivity index (χ1n) is 4.94. The van der Waals surface area contributed by atoms with Crippen LogP contribution in [0.15, 0.2) is 23.6 Å². The molecule has 0 aliphatic rings. The number of nitrogens with one attached hydrogen (secondary N) is 1. The van der Waals surface area contributed by atoms with Crippen LogP contribution in [0.5, 0.6) is 0 Å². The van der Waals surface area contributed by atoms with Gasteiger partial charge in [0.1, 0.15) is 11.6 Å². The summed E-state index contributed by atoms with van der Waals surface area (Å²) < 4.78 is 26.2. The quantitative estimate of drug-likeness (QED) is 0.653. The minimum absolute atomic E-state index is 0.412. The average molecular weight is 255 g/mol. The maximum Gasteiger partial charge on any atom is 0.126 e. The Balaban J connectivity index is 2.41. The van der Waals surface area contributed by atoms with Gasteiger partial charge in [0, 0.05) is 11.4 Å². The Morgan fingerprint density at radius 2 is 1.94 bits per heavy atom. The monoisotopic (exact) mass is 255 g/mol. The first-order valence-corrected chi connectivity index (χ1v) is 5.82. The van der Waals surface area contributed by atoms with E-state index >= 15 is 0 Å². The zero-order valence-electron chi connectivity index (χ0n) is 9.08. The van der Waals surface area contributed by atoms with E-state index in [-0.39, 0.29) is 0 Å². The highest BCUT2D eigenvalue weighted by molar-refractivity contribution is 7.09. The van der Waals surface area contributed by atoms with E-state index in [4.69, 9.17) is 5.84 Å². The van der Waals surface area contributed by atoms with Crippen LogP contribution >= 0.6 is 11.3 Å². The van der Waals surface area contributed by atoms with Crippen LogP contribution in [0, 0.1) is 18.6 Å². The summed E-state index contributed by atoms with van der Waals surface area (Å²) in [5.41, 5.74) is 3.58. The molecule has 6 heteroatoms. The molecule has 2 rings (SSSR count). The molecule has 1 unspecified atom stereocenters. The topological polar surface area (TPSA) is 50.9 Å². The molecule has 1 aromatic heterocycles. The van der Waals surface area contributed by atoms with Crippen LogP contribution in [0.25, 0.3) is 0 Å². The lowest BCUT2D eigenvalue weighted by atomic mass is 10.0. The summed E-state index contributed by atoms with van der Waals surface area (Å²) in [6, 6.07) is 2.79. The van der Waals surface area contributed by atoms with E-state index in [1.54, 1.807) is 0 Å². The number of hydrogen-bond acceptors (Lipinski definition) is 4. The van der Waals surface area contributed by atoms with Gasteiger partial charge in [0.2, 0.25) is 0 Å². The smallest absolute Gasteiger partial charge is 0.126 e. The van der Waals surface area contributed by atoms with Gasteiger partial charge in [-0.3, -0.25) is 5.84 Å². The van der Waals surface area contributed by atoms with Gasteiger partial charge in [0.05, 0.1) is 16.7 Å². The molecule has 3 N–H and O–H groups in total. The largest absolute Gasteiger partial charge is 0.271 e. The Kier molecular flexibility index (Phi) is 3.46. The molecule has 0 aliphatic carbocycles. The molecular formula is C11H11F2N3S. The Bertz CT molecular complexity index is 507. The van der Waals surface area contributed by atoms with Crippen molar-refractivity contribution in [2.45, 2.75) is 13.0 Å². The predicted molar refractivity (Wildman–Crippen MR) is 62.4 cm³/mol. The Morgan fingerprint density at radius 1 is 1.29 bits per heavy atom. The van der Waals surface area contributed by atoms with Crippen LogP contribution in [0.2, 0.25) is 0 Å². The first-order chi connectivity index (χ1) is 8.10. The summed E-state index contributed by atoms with van der Waals surface area (Å²) in [7, 11) is 0. The predicted octanol–water partition coefficient (Wildman–Crippen LogP) is 2.28. The number of hydrazine groups is 1. The van der Waals surface area contributed by atoms with Crippen LogP contribution in [0.1, 0.15) is 22.3 Å². The fourth-order valence-corrected chi connectivity index (χ4v) is 2.25. The second-order valence-electron chi connectivity index (χ2n) is 3.59. The summed E-state index contributed by atoms with van der Waals surface area (Å²) in [5.74, 6) is 4.15. The van der Waals surface area contributed by atoms with Crippen molar-refractivity contribution in [2.24, 2.45) is 5.84 Å². The maximum absolute atomic E-state index is 13.1. The molecule has 0 saturated carbocycles. The molecule has 2 aromatic rings. The highest BCUT2D eigenvalue weighted by atomic mass is 32.1. The summed E-state index contributed by atoms with van der Waals surface area (Å²) in [4.78, 5) is 4.25. The molecule has 0 saturated heterocycles. The van der Waals surface area contributed by atoms with Gasteiger partial charge in [-0.1, -0.05) is 0 Å². The van der Waals surface area contributed by atoms with Crippen molar-refractivity contribution in [3.63, 3.8) is 0 Å². The third-order valence-electron chi connectivity index (χ3n) is 2.32. The molecule has 0 amide bonds. The molecule has 17 heavy (non-hydrogen) atoms. The number of nitrogens with two attached hydrogens (primary N) is 1. The van der Waals surface area contributed by atoms with E-state index in [1.807, 2.05) is 12.3 Å². The van der Waals surface area contributed by atoms with Crippen molar-refractivity contribution in [1.29, 1.82) is 0 Å². The van der Waals surface area contributed by atoms with Gasteiger partial charge >= 0.3 is 0 Å². The van der Waals surface area contributed by atoms with Crippen molar-refractivity contribution in [1.82, 2.24) is 10.4 Å². The van der Waals surface area contributed by atoms with Gasteiger partial charge in [-0.15, -0.1) is 11.3 Å². The lowest BCUT2D eigenvalue weighted by molar-refractivity contribution is 0.563. The summed E-state index contributed by atoms with van der Waals surface area (Å²) >= 11 is 1.46. The molecule has 90 valence electrons. The molecule has 0 bridgehead atoms. The van der Waals surface area contributed by atoms with Crippen molar-refractivity contribution < 1.29 is 8.78 Å². The minimum Gasteiger partial charge on any atom is -0.271 e. The molecule has 1 heterocycles. The van der Waals surface area contributed by atoms with Crippen LogP contribution < -0.4 is 11.3 Å². The van der Waals surface area contributed by atoms with E-state index < -0.39 is 17.7 Å². The number of rotatable bonds is 3. The van der Waals surface area contributed by atoms with Gasteiger partial charge in [-0.25, -0.2) is 19.2 Å². The van der Waals surface area contributed by atoms with Gasteiger partial charge in [0.25, 0.3) is 0 Å². The summed E-state index contributed by atoms with van der Waals surface area (Å²) in [5, 5.41) is 2.68. The minimum atomic E-state index is -0.632. The number of benzene rings is 1. The molecule has 0 aliphatic heterocycles. The van der Waals surface area contributed by atoms with Crippen molar-refractivity contribution in [2.75, 3.05) is 0 Å². The normalized spacial score (nSPS) is 12.7. The SMILES string of the molecule is Cc1nc(C(NN)c2cc(F)cc(F)c2)cs1. The zero-order valence-corrected chi connectivity index (χ0v) is 9.89. The number of aromatic nitrogens is 1. The summed E-state index contributed by atoms with van der Waals surface area (Å²) in [6.45, 7) is 1.86. The second-order valence-corrected chi connectivity index (χ2v) is 4.66. The zero-order chi connectivity index (χ0) is 12.4. The molecule has 1 atom stereocenters. The van der Waals surface area contributed by atoms with Gasteiger partial charge in [0.15, 0.2) is 0 Å². The lowest BCUT2D eigenvalue weighted by Crippen LogP contribution is -2.29. The van der Waals surface area contributed by atoms with E-state index in [0.717, 1.165) is 11.1 Å². The van der Waals surface area contributed by atoms with Gasteiger partial charge in [-0.05, 0) is 24.6 Å². The number of thiazole rings is 1. The van der Waals surface area contributed by atoms with Crippen LogP contribution in [-0.4, -0.2) is 4.98 Å². The van der Waals surface area contributed by atoms with Crippen molar-refractivity contribution in [3.05, 3.63) is 51.5 Å². The van der Waals surface area contributed by atoms with E-state index in [0.29, 0.717) is 11.3 Å². The Labute approximate surface area is 101 Å². The highest BCUT2D eigenvalue weighted by Crippen LogP contribution is 2.24. The molecule has 0 radical (unpaired) electrons. The molecule has 0 spiro atoms. The van der Waals surface area contributed by atoms with Crippen LogP contribution in [-0.2, 0) is 0 Å². The van der Waals surface area contributed by atoms with E-state index in [9.17, 15) is 8.78 Å². The van der Waals surface area contributed by atoms with Crippen molar-refractivity contribution >= 4 is 11.3 Å². The number of aryl methyl sites for hydroxylation is 1. The highest BCUT2D eigenvalue weighted by Gasteiger charge is 2.16. The Morgan fingerprint density at radius 3 is 2.41 bits per heavy atom. The third kappa shape index (κ3) is 2.66. The molecule has 3 nitrogen and oxygen atoms in total. The van der Waals surface area contributed by atoms with Crippen LogP contribution in [0.4, 0.5) is 8.78 Å². The first kappa shape index (κ1) is 12.1. The lowest BCUT2D eigenvalue weighted by Gasteiger charge is -2.14. The molecular weight excluding hydrogens is 244 g/mol. The van der Waals surface area contributed by atoms with E-state index in [2.05, 4.69) is 10.4 Å².